The molecule has 0 fully saturated rings. The topological polar surface area (TPSA) is 49.9 Å². The van der Waals surface area contributed by atoms with Gasteiger partial charge < -0.3 is 14.5 Å². The Morgan fingerprint density at radius 3 is 2.24 bits per heavy atom. The summed E-state index contributed by atoms with van der Waals surface area (Å²) in [5.41, 5.74) is 2.47. The lowest BCUT2D eigenvalue weighted by atomic mass is 10.1. The molecule has 33 heavy (non-hydrogen) atoms. The summed E-state index contributed by atoms with van der Waals surface area (Å²) in [5, 5.41) is 2.00. The molecule has 0 aliphatic carbocycles. The van der Waals surface area contributed by atoms with Crippen molar-refractivity contribution in [3.63, 3.8) is 0 Å². The summed E-state index contributed by atoms with van der Waals surface area (Å²) < 4.78 is 18.5. The van der Waals surface area contributed by atoms with E-state index in [1.165, 1.54) is 12.1 Å². The molecule has 3 rings (SSSR count). The molecule has 0 spiro atoms. The summed E-state index contributed by atoms with van der Waals surface area (Å²) in [6.45, 7) is 5.22. The zero-order chi connectivity index (χ0) is 23.8. The highest BCUT2D eigenvalue weighted by Crippen LogP contribution is 2.20. The van der Waals surface area contributed by atoms with E-state index < -0.39 is 0 Å². The highest BCUT2D eigenvalue weighted by atomic mass is 32.1. The van der Waals surface area contributed by atoms with Crippen LogP contribution in [0, 0.1) is 12.7 Å². The van der Waals surface area contributed by atoms with Crippen molar-refractivity contribution in [1.82, 2.24) is 9.80 Å². The molecule has 1 heterocycles. The smallest absolute Gasteiger partial charge is 0.254 e. The maximum atomic E-state index is 13.4. The Morgan fingerprint density at radius 2 is 1.67 bits per heavy atom. The number of hydrogen-bond acceptors (Lipinski definition) is 4. The first-order chi connectivity index (χ1) is 15.9. The van der Waals surface area contributed by atoms with Crippen LogP contribution in [0.5, 0.6) is 5.75 Å². The van der Waals surface area contributed by atoms with Gasteiger partial charge in [0.05, 0.1) is 13.7 Å². The number of ether oxygens (including phenoxy) is 1. The van der Waals surface area contributed by atoms with Crippen molar-refractivity contribution in [3.8, 4) is 5.75 Å². The van der Waals surface area contributed by atoms with E-state index in [0.29, 0.717) is 30.9 Å². The fraction of sp³-hybridized carbons (Fsp3) is 0.308. The number of benzene rings is 2. The summed E-state index contributed by atoms with van der Waals surface area (Å²) in [7, 11) is 1.57. The Hall–Kier alpha value is -3.19. The summed E-state index contributed by atoms with van der Waals surface area (Å²) in [6, 6.07) is 15.1. The molecule has 1 aromatic heterocycles. The van der Waals surface area contributed by atoms with Crippen LogP contribution in [0.4, 0.5) is 4.39 Å². The predicted molar refractivity (Wildman–Crippen MR) is 129 cm³/mol. The van der Waals surface area contributed by atoms with Crippen molar-refractivity contribution < 1.29 is 18.7 Å². The number of thiophene rings is 1. The number of methoxy groups -OCH3 is 1. The Balaban J connectivity index is 1.80. The number of carbonyl (C=O) groups excluding carboxylic acids is 2. The summed E-state index contributed by atoms with van der Waals surface area (Å²) in [6.07, 6.45) is 0.733. The van der Waals surface area contributed by atoms with Crippen molar-refractivity contribution in [3.05, 3.63) is 87.4 Å². The van der Waals surface area contributed by atoms with Crippen LogP contribution in [0.15, 0.2) is 60.0 Å². The molecule has 2 aromatic carbocycles. The largest absolute Gasteiger partial charge is 0.497 e. The first kappa shape index (κ1) is 24.5. The molecule has 0 atom stereocenters. The van der Waals surface area contributed by atoms with Crippen LogP contribution >= 0.6 is 11.3 Å². The van der Waals surface area contributed by atoms with E-state index >= 15 is 0 Å². The first-order valence-corrected chi connectivity index (χ1v) is 11.8. The lowest BCUT2D eigenvalue weighted by molar-refractivity contribution is -0.133. The van der Waals surface area contributed by atoms with Crippen LogP contribution in [0.3, 0.4) is 0 Å². The SMILES string of the molecule is CCCN(CC(=O)N(Cc1ccc(F)cc1)Cc1sccc1C)C(=O)c1ccc(OC)cc1. The van der Waals surface area contributed by atoms with Crippen LogP contribution < -0.4 is 4.74 Å². The van der Waals surface area contributed by atoms with Crippen molar-refractivity contribution in [2.24, 2.45) is 0 Å². The molecule has 0 saturated heterocycles. The van der Waals surface area contributed by atoms with Crippen molar-refractivity contribution in [2.45, 2.75) is 33.4 Å². The predicted octanol–water partition coefficient (Wildman–Crippen LogP) is 5.29. The van der Waals surface area contributed by atoms with E-state index in [0.717, 1.165) is 22.4 Å². The second-order valence-electron chi connectivity index (χ2n) is 7.86. The summed E-state index contributed by atoms with van der Waals surface area (Å²) in [5.74, 6) is 0.00993. The standard InChI is InChI=1S/C26H29FN2O3S/c1-4-14-28(26(31)21-7-11-23(32-3)12-8-21)18-25(30)29(17-24-19(2)13-15-33-24)16-20-5-9-22(27)10-6-20/h5-13,15H,4,14,16-18H2,1-3H3. The highest BCUT2D eigenvalue weighted by Gasteiger charge is 2.23. The summed E-state index contributed by atoms with van der Waals surface area (Å²) in [4.78, 5) is 31.0. The molecule has 0 aliphatic rings. The van der Waals surface area contributed by atoms with Gasteiger partial charge in [-0.3, -0.25) is 9.59 Å². The van der Waals surface area contributed by atoms with Gasteiger partial charge in [-0.05, 0) is 72.3 Å². The molecule has 2 amide bonds. The molecule has 0 aliphatic heterocycles. The monoisotopic (exact) mass is 468 g/mol. The van der Waals surface area contributed by atoms with Gasteiger partial charge in [-0.1, -0.05) is 19.1 Å². The summed E-state index contributed by atoms with van der Waals surface area (Å²) >= 11 is 1.60. The fourth-order valence-corrected chi connectivity index (χ4v) is 4.40. The van der Waals surface area contributed by atoms with E-state index in [1.54, 1.807) is 64.6 Å². The lowest BCUT2D eigenvalue weighted by Gasteiger charge is -2.28. The van der Waals surface area contributed by atoms with Gasteiger partial charge in [0, 0.05) is 23.5 Å². The third kappa shape index (κ3) is 6.65. The van der Waals surface area contributed by atoms with Gasteiger partial charge in [0.25, 0.3) is 5.91 Å². The average molecular weight is 469 g/mol. The van der Waals surface area contributed by atoms with E-state index in [9.17, 15) is 14.0 Å². The van der Waals surface area contributed by atoms with E-state index in [1.807, 2.05) is 25.3 Å². The number of aryl methyl sites for hydroxylation is 1. The number of carbonyl (C=O) groups is 2. The van der Waals surface area contributed by atoms with Gasteiger partial charge in [0.1, 0.15) is 18.1 Å². The normalized spacial score (nSPS) is 10.7. The lowest BCUT2D eigenvalue weighted by Crippen LogP contribution is -2.42. The molecule has 7 heteroatoms. The zero-order valence-electron chi connectivity index (χ0n) is 19.2. The van der Waals surface area contributed by atoms with Crippen molar-refractivity contribution in [2.75, 3.05) is 20.2 Å². The molecule has 0 radical (unpaired) electrons. The maximum absolute atomic E-state index is 13.4. The van der Waals surface area contributed by atoms with Gasteiger partial charge >= 0.3 is 0 Å². The van der Waals surface area contributed by atoms with Crippen LogP contribution in [0.25, 0.3) is 0 Å². The Labute approximate surface area is 198 Å². The molecule has 3 aromatic rings. The Morgan fingerprint density at radius 1 is 0.970 bits per heavy atom. The average Bonchev–Trinajstić information content (AvgIpc) is 3.23. The van der Waals surface area contributed by atoms with E-state index in [-0.39, 0.29) is 24.2 Å². The van der Waals surface area contributed by atoms with E-state index in [2.05, 4.69) is 0 Å². The second kappa shape index (κ2) is 11.6. The maximum Gasteiger partial charge on any atom is 0.254 e. The molecule has 0 saturated carbocycles. The van der Waals surface area contributed by atoms with E-state index in [4.69, 9.17) is 4.74 Å². The number of halogens is 1. The van der Waals surface area contributed by atoms with Crippen molar-refractivity contribution in [1.29, 1.82) is 0 Å². The fourth-order valence-electron chi connectivity index (χ4n) is 3.48. The third-order valence-electron chi connectivity index (χ3n) is 5.39. The minimum absolute atomic E-state index is 0.0235. The number of hydrogen-bond donors (Lipinski definition) is 0. The Kier molecular flexibility index (Phi) is 8.60. The van der Waals surface area contributed by atoms with Gasteiger partial charge in [0.15, 0.2) is 0 Å². The quantitative estimate of drug-likeness (QED) is 0.407. The van der Waals surface area contributed by atoms with Crippen LogP contribution in [-0.2, 0) is 17.9 Å². The molecule has 174 valence electrons. The zero-order valence-corrected chi connectivity index (χ0v) is 20.0. The molecule has 5 nitrogen and oxygen atoms in total. The minimum atomic E-state index is -0.315. The van der Waals surface area contributed by atoms with Gasteiger partial charge in [-0.2, -0.15) is 0 Å². The van der Waals surface area contributed by atoms with Crippen LogP contribution in [0.2, 0.25) is 0 Å². The number of nitrogens with zero attached hydrogens (tertiary/aromatic N) is 2. The molecule has 0 N–H and O–H groups in total. The minimum Gasteiger partial charge on any atom is -0.497 e. The third-order valence-corrected chi connectivity index (χ3v) is 6.39. The van der Waals surface area contributed by atoms with Gasteiger partial charge in [-0.25, -0.2) is 4.39 Å². The van der Waals surface area contributed by atoms with Crippen LogP contribution in [0.1, 0.15) is 39.7 Å². The van der Waals surface area contributed by atoms with Gasteiger partial charge in [-0.15, -0.1) is 11.3 Å². The highest BCUT2D eigenvalue weighted by molar-refractivity contribution is 7.10. The molecular weight excluding hydrogens is 439 g/mol. The number of rotatable bonds is 10. The van der Waals surface area contributed by atoms with Gasteiger partial charge in [0.2, 0.25) is 5.91 Å². The van der Waals surface area contributed by atoms with Crippen LogP contribution in [-0.4, -0.2) is 41.8 Å². The Bertz CT molecular complexity index is 1060. The molecule has 0 unspecified atom stereocenters. The van der Waals surface area contributed by atoms with Crippen molar-refractivity contribution >= 4 is 23.2 Å². The first-order valence-electron chi connectivity index (χ1n) is 10.9. The molecule has 0 bridgehead atoms. The number of amides is 2. The second-order valence-corrected chi connectivity index (χ2v) is 8.86. The molecular formula is C26H29FN2O3S.